The molecule has 3 nitrogen and oxygen atoms in total. The predicted molar refractivity (Wildman–Crippen MR) is 251 cm³/mol. The van der Waals surface area contributed by atoms with Gasteiger partial charge in [-0.1, -0.05) is 194 Å². The van der Waals surface area contributed by atoms with E-state index in [1.807, 2.05) is 6.07 Å². The summed E-state index contributed by atoms with van der Waals surface area (Å²) in [5.74, 6) is 0. The van der Waals surface area contributed by atoms with Crippen LogP contribution < -0.4 is 0 Å². The maximum atomic E-state index is 5.24. The minimum Gasteiger partial charge on any atom is -0.309 e. The Hall–Kier alpha value is -8.01. The quantitative estimate of drug-likeness (QED) is 0.151. The second-order valence-corrected chi connectivity index (χ2v) is 15.2. The first-order valence-corrected chi connectivity index (χ1v) is 20.5. The highest BCUT2D eigenvalue weighted by Crippen LogP contribution is 2.40. The zero-order valence-electron chi connectivity index (χ0n) is 32.9. The number of aromatic nitrogens is 3. The van der Waals surface area contributed by atoms with Crippen LogP contribution in [0.3, 0.4) is 0 Å². The molecular weight excluding hydrogens is 727 g/mol. The summed E-state index contributed by atoms with van der Waals surface area (Å²) in [6.07, 6.45) is 0. The Labute approximate surface area is 349 Å². The molecule has 0 aliphatic heterocycles. The van der Waals surface area contributed by atoms with Gasteiger partial charge in [0.05, 0.1) is 28.1 Å². The van der Waals surface area contributed by atoms with Crippen molar-refractivity contribution in [2.75, 3.05) is 0 Å². The van der Waals surface area contributed by atoms with Gasteiger partial charge in [0.15, 0.2) is 0 Å². The van der Waals surface area contributed by atoms with Crippen molar-refractivity contribution in [3.8, 4) is 78.4 Å². The highest BCUT2D eigenvalue weighted by molar-refractivity contribution is 6.09. The Bertz CT molecular complexity index is 3230. The topological polar surface area (TPSA) is 22.8 Å². The fourth-order valence-electron chi connectivity index (χ4n) is 8.81. The van der Waals surface area contributed by atoms with E-state index in [1.54, 1.807) is 0 Å². The van der Waals surface area contributed by atoms with E-state index in [9.17, 15) is 0 Å². The number of hydrogen-bond donors (Lipinski definition) is 0. The predicted octanol–water partition coefficient (Wildman–Crippen LogP) is 15.0. The van der Waals surface area contributed by atoms with Crippen LogP contribution in [0.1, 0.15) is 0 Å². The van der Waals surface area contributed by atoms with E-state index in [-0.39, 0.29) is 0 Å². The molecule has 0 N–H and O–H groups in total. The van der Waals surface area contributed by atoms with Gasteiger partial charge in [-0.15, -0.1) is 0 Å². The van der Waals surface area contributed by atoms with Crippen LogP contribution in [0.2, 0.25) is 0 Å². The van der Waals surface area contributed by atoms with Gasteiger partial charge in [0, 0.05) is 27.6 Å². The van der Waals surface area contributed by atoms with Gasteiger partial charge in [0.1, 0.15) is 0 Å². The summed E-state index contributed by atoms with van der Waals surface area (Å²) >= 11 is 0. The molecule has 0 saturated carbocycles. The molecule has 0 atom stereocenters. The zero-order valence-corrected chi connectivity index (χ0v) is 32.9. The van der Waals surface area contributed by atoms with Crippen LogP contribution in [0.15, 0.2) is 237 Å². The number of benzene rings is 9. The lowest BCUT2D eigenvalue weighted by atomic mass is 9.89. The van der Waals surface area contributed by atoms with Gasteiger partial charge in [-0.3, -0.25) is 0 Å². The van der Waals surface area contributed by atoms with E-state index in [1.165, 1.54) is 60.8 Å². The van der Waals surface area contributed by atoms with Gasteiger partial charge < -0.3 is 4.57 Å². The maximum absolute atomic E-state index is 5.24. The van der Waals surface area contributed by atoms with Gasteiger partial charge >= 0.3 is 0 Å². The third-order valence-electron chi connectivity index (χ3n) is 11.7. The highest BCUT2D eigenvalue weighted by atomic mass is 15.3. The van der Waals surface area contributed by atoms with Gasteiger partial charge in [-0.25, -0.2) is 4.68 Å². The molecular formula is C57H39N3. The molecule has 0 amide bonds. The van der Waals surface area contributed by atoms with E-state index in [0.717, 1.165) is 39.5 Å². The fraction of sp³-hybridized carbons (Fsp3) is 0. The van der Waals surface area contributed by atoms with Crippen LogP contribution in [0.4, 0.5) is 0 Å². The molecule has 11 aromatic rings. The van der Waals surface area contributed by atoms with Crippen LogP contribution in [-0.4, -0.2) is 14.3 Å². The van der Waals surface area contributed by atoms with Crippen LogP contribution in [-0.2, 0) is 0 Å². The SMILES string of the molecule is c1ccc(-c2cc(-c3ccccc3-c3ccccc3)n(-c3ccc(-c4ccccc4-c4ccccc4-c4ccc(-n5c6ccccc6c6ccccc65)cc4)cc3)n2)cc1. The van der Waals surface area contributed by atoms with E-state index in [0.29, 0.717) is 0 Å². The summed E-state index contributed by atoms with van der Waals surface area (Å²) in [4.78, 5) is 0. The number of hydrogen-bond acceptors (Lipinski definition) is 1. The Morgan fingerprint density at radius 3 is 1.20 bits per heavy atom. The Balaban J connectivity index is 0.968. The zero-order chi connectivity index (χ0) is 39.8. The molecule has 0 bridgehead atoms. The van der Waals surface area contributed by atoms with Gasteiger partial charge in [0.25, 0.3) is 0 Å². The van der Waals surface area contributed by atoms with Crippen molar-refractivity contribution in [2.24, 2.45) is 0 Å². The summed E-state index contributed by atoms with van der Waals surface area (Å²) in [7, 11) is 0. The molecule has 0 aliphatic carbocycles. The van der Waals surface area contributed by atoms with Crippen molar-refractivity contribution in [3.05, 3.63) is 237 Å². The Morgan fingerprint density at radius 2 is 0.667 bits per heavy atom. The molecule has 0 radical (unpaired) electrons. The van der Waals surface area contributed by atoms with Crippen molar-refractivity contribution in [2.45, 2.75) is 0 Å². The van der Waals surface area contributed by atoms with Crippen molar-refractivity contribution < 1.29 is 0 Å². The third kappa shape index (κ3) is 6.21. The van der Waals surface area contributed by atoms with Gasteiger partial charge in [-0.05, 0) is 87.0 Å². The number of para-hydroxylation sites is 2. The van der Waals surface area contributed by atoms with Crippen molar-refractivity contribution >= 4 is 21.8 Å². The van der Waals surface area contributed by atoms with E-state index >= 15 is 0 Å². The molecule has 282 valence electrons. The summed E-state index contributed by atoms with van der Waals surface area (Å²) in [6.45, 7) is 0. The smallest absolute Gasteiger partial charge is 0.0934 e. The summed E-state index contributed by atoms with van der Waals surface area (Å²) < 4.78 is 4.47. The minimum atomic E-state index is 0.933. The second-order valence-electron chi connectivity index (χ2n) is 15.2. The monoisotopic (exact) mass is 765 g/mol. The van der Waals surface area contributed by atoms with Gasteiger partial charge in [0.2, 0.25) is 0 Å². The summed E-state index contributed by atoms with van der Waals surface area (Å²) in [6, 6.07) is 84.6. The lowest BCUT2D eigenvalue weighted by molar-refractivity contribution is 0.892. The van der Waals surface area contributed by atoms with Crippen molar-refractivity contribution in [1.29, 1.82) is 0 Å². The van der Waals surface area contributed by atoms with Gasteiger partial charge in [-0.2, -0.15) is 5.10 Å². The average molecular weight is 766 g/mol. The summed E-state index contributed by atoms with van der Waals surface area (Å²) in [5, 5.41) is 7.77. The molecule has 9 aromatic carbocycles. The lowest BCUT2D eigenvalue weighted by Crippen LogP contribution is -2.00. The molecule has 0 saturated heterocycles. The molecule has 0 spiro atoms. The van der Waals surface area contributed by atoms with Crippen molar-refractivity contribution in [1.82, 2.24) is 14.3 Å². The number of fused-ring (bicyclic) bond motifs is 3. The molecule has 0 unspecified atom stereocenters. The van der Waals surface area contributed by atoms with E-state index in [2.05, 4.69) is 240 Å². The molecule has 0 fully saturated rings. The molecule has 3 heteroatoms. The largest absolute Gasteiger partial charge is 0.309 e. The standard InChI is InChI=1S/C57H39N3/c1-3-17-40(18-4-1)48-23-9-12-26-51(48)57-39-54(43-19-5-2-6-20-43)58-60(57)45-37-33-42(34-38-45)47-22-8-11-25-50(47)49-24-10-7-21-46(49)41-31-35-44(36-32-41)59-55-29-15-13-27-52(55)53-28-14-16-30-56(53)59/h1-39H. The number of rotatable bonds is 8. The molecule has 11 rings (SSSR count). The second kappa shape index (κ2) is 15.1. The van der Waals surface area contributed by atoms with E-state index < -0.39 is 0 Å². The molecule has 2 heterocycles. The molecule has 2 aromatic heterocycles. The lowest BCUT2D eigenvalue weighted by Gasteiger charge is -2.16. The highest BCUT2D eigenvalue weighted by Gasteiger charge is 2.18. The normalized spacial score (nSPS) is 11.3. The minimum absolute atomic E-state index is 0.933. The number of nitrogens with zero attached hydrogens (tertiary/aromatic N) is 3. The Kier molecular flexibility index (Phi) is 8.83. The van der Waals surface area contributed by atoms with Crippen LogP contribution >= 0.6 is 0 Å². The van der Waals surface area contributed by atoms with Crippen LogP contribution in [0, 0.1) is 0 Å². The molecule has 60 heavy (non-hydrogen) atoms. The first kappa shape index (κ1) is 35.2. The van der Waals surface area contributed by atoms with Crippen LogP contribution in [0.25, 0.3) is 100 Å². The molecule has 0 aliphatic rings. The van der Waals surface area contributed by atoms with E-state index in [4.69, 9.17) is 5.10 Å². The average Bonchev–Trinajstić information content (AvgIpc) is 3.93. The Morgan fingerprint density at radius 1 is 0.283 bits per heavy atom. The summed E-state index contributed by atoms with van der Waals surface area (Å²) in [5.41, 5.74) is 18.2. The first-order chi connectivity index (χ1) is 29.8. The third-order valence-corrected chi connectivity index (χ3v) is 11.7. The fourth-order valence-corrected chi connectivity index (χ4v) is 8.81. The van der Waals surface area contributed by atoms with Crippen LogP contribution in [0.5, 0.6) is 0 Å². The van der Waals surface area contributed by atoms with Crippen molar-refractivity contribution in [3.63, 3.8) is 0 Å². The maximum Gasteiger partial charge on any atom is 0.0934 e. The first-order valence-electron chi connectivity index (χ1n) is 20.5.